The van der Waals surface area contributed by atoms with Gasteiger partial charge in [0, 0.05) is 17.2 Å². The molecule has 0 amide bonds. The van der Waals surface area contributed by atoms with Gasteiger partial charge in [0.2, 0.25) is 0 Å². The van der Waals surface area contributed by atoms with E-state index in [1.54, 1.807) is 19.9 Å². The molecule has 5 heteroatoms. The quantitative estimate of drug-likeness (QED) is 0.597. The maximum Gasteiger partial charge on any atom is 0.347 e. The molecule has 1 aliphatic rings. The Morgan fingerprint density at radius 2 is 1.79 bits per heavy atom. The molecule has 2 aromatic rings. The lowest BCUT2D eigenvalue weighted by molar-refractivity contribution is 0.0735. The summed E-state index contributed by atoms with van der Waals surface area (Å²) in [5, 5.41) is 20.0. The molecule has 3 rings (SSSR count). The standard InChI is InChI=1S/C19H18O5/c1-5-9(2)13-8-14(21)11(4)17-18(13)23-15-7-12(20)6-10(3)16(15)19(22)24-17/h5-8,20-21H,1-4H3/b9-5-. The number of aromatic hydroxyl groups is 2. The van der Waals surface area contributed by atoms with Crippen molar-refractivity contribution in [2.45, 2.75) is 27.7 Å². The molecule has 0 fully saturated rings. The van der Waals surface area contributed by atoms with Gasteiger partial charge in [0.15, 0.2) is 11.5 Å². The minimum Gasteiger partial charge on any atom is -0.508 e. The second kappa shape index (κ2) is 5.60. The lowest BCUT2D eigenvalue weighted by Gasteiger charge is -2.16. The number of aryl methyl sites for hydroxylation is 1. The predicted octanol–water partition coefficient (Wildman–Crippen LogP) is 4.46. The maximum absolute atomic E-state index is 12.5. The van der Waals surface area contributed by atoms with Crippen molar-refractivity contribution in [3.8, 4) is 28.7 Å². The molecule has 0 aliphatic carbocycles. The summed E-state index contributed by atoms with van der Waals surface area (Å²) in [6.07, 6.45) is 1.87. The van der Waals surface area contributed by atoms with Crippen molar-refractivity contribution in [1.29, 1.82) is 0 Å². The van der Waals surface area contributed by atoms with Gasteiger partial charge < -0.3 is 19.7 Å². The number of carbonyl (C=O) groups excluding carboxylic acids is 1. The fraction of sp³-hybridized carbons (Fsp3) is 0.211. The summed E-state index contributed by atoms with van der Waals surface area (Å²) in [4.78, 5) is 12.5. The molecule has 0 saturated carbocycles. The van der Waals surface area contributed by atoms with E-state index in [9.17, 15) is 15.0 Å². The van der Waals surface area contributed by atoms with Gasteiger partial charge in [-0.05, 0) is 51.0 Å². The fourth-order valence-corrected chi connectivity index (χ4v) is 2.72. The van der Waals surface area contributed by atoms with Crippen LogP contribution >= 0.6 is 0 Å². The van der Waals surface area contributed by atoms with Crippen LogP contribution in [0.4, 0.5) is 0 Å². The number of hydrogen-bond acceptors (Lipinski definition) is 5. The first-order chi connectivity index (χ1) is 11.3. The van der Waals surface area contributed by atoms with Crippen molar-refractivity contribution in [2.75, 3.05) is 0 Å². The van der Waals surface area contributed by atoms with E-state index in [1.807, 2.05) is 19.9 Å². The molecule has 2 N–H and O–H groups in total. The molecular weight excluding hydrogens is 308 g/mol. The van der Waals surface area contributed by atoms with Crippen molar-refractivity contribution in [3.63, 3.8) is 0 Å². The number of esters is 1. The molecule has 0 aromatic heterocycles. The van der Waals surface area contributed by atoms with Crippen LogP contribution in [0.15, 0.2) is 24.3 Å². The largest absolute Gasteiger partial charge is 0.508 e. The van der Waals surface area contributed by atoms with E-state index in [0.717, 1.165) is 5.57 Å². The minimum atomic E-state index is -0.584. The summed E-state index contributed by atoms with van der Waals surface area (Å²) in [5.41, 5.74) is 2.71. The monoisotopic (exact) mass is 326 g/mol. The van der Waals surface area contributed by atoms with Crippen LogP contribution in [0.3, 0.4) is 0 Å². The first-order valence-corrected chi connectivity index (χ1v) is 7.57. The van der Waals surface area contributed by atoms with Gasteiger partial charge in [0.1, 0.15) is 22.8 Å². The Hall–Kier alpha value is -2.95. The molecule has 0 radical (unpaired) electrons. The van der Waals surface area contributed by atoms with Crippen molar-refractivity contribution >= 4 is 11.5 Å². The second-order valence-corrected chi connectivity index (χ2v) is 5.83. The van der Waals surface area contributed by atoms with Crippen LogP contribution < -0.4 is 9.47 Å². The lowest BCUT2D eigenvalue weighted by Crippen LogP contribution is -2.09. The summed E-state index contributed by atoms with van der Waals surface area (Å²) in [6.45, 7) is 7.09. The zero-order valence-electron chi connectivity index (χ0n) is 13.9. The topological polar surface area (TPSA) is 76.0 Å². The van der Waals surface area contributed by atoms with Crippen molar-refractivity contribution in [1.82, 2.24) is 0 Å². The van der Waals surface area contributed by atoms with E-state index >= 15 is 0 Å². The van der Waals surface area contributed by atoms with Crippen LogP contribution in [-0.2, 0) is 0 Å². The zero-order chi connectivity index (χ0) is 17.6. The Morgan fingerprint density at radius 1 is 1.08 bits per heavy atom. The van der Waals surface area contributed by atoms with Crippen molar-refractivity contribution < 1.29 is 24.5 Å². The maximum atomic E-state index is 12.5. The van der Waals surface area contributed by atoms with Crippen LogP contribution in [0.1, 0.15) is 40.9 Å². The van der Waals surface area contributed by atoms with Gasteiger partial charge in [-0.25, -0.2) is 4.79 Å². The third-order valence-corrected chi connectivity index (χ3v) is 4.21. The number of rotatable bonds is 1. The van der Waals surface area contributed by atoms with E-state index in [0.29, 0.717) is 22.4 Å². The summed E-state index contributed by atoms with van der Waals surface area (Å²) in [6, 6.07) is 4.44. The van der Waals surface area contributed by atoms with E-state index in [2.05, 4.69) is 0 Å². The van der Waals surface area contributed by atoms with E-state index < -0.39 is 5.97 Å². The Balaban J connectivity index is 2.34. The highest BCUT2D eigenvalue weighted by Crippen LogP contribution is 2.48. The van der Waals surface area contributed by atoms with Crippen molar-refractivity contribution in [2.24, 2.45) is 0 Å². The van der Waals surface area contributed by atoms with E-state index in [-0.39, 0.29) is 28.6 Å². The molecule has 0 atom stereocenters. The third kappa shape index (κ3) is 2.38. The molecule has 2 aromatic carbocycles. The van der Waals surface area contributed by atoms with Gasteiger partial charge in [-0.15, -0.1) is 0 Å². The number of phenols is 2. The van der Waals surface area contributed by atoms with Gasteiger partial charge in [-0.3, -0.25) is 0 Å². The van der Waals surface area contributed by atoms with E-state index in [4.69, 9.17) is 9.47 Å². The van der Waals surface area contributed by atoms with Crippen molar-refractivity contribution in [3.05, 3.63) is 46.5 Å². The summed E-state index contributed by atoms with van der Waals surface area (Å²) in [5.74, 6) is 0.198. The highest BCUT2D eigenvalue weighted by molar-refractivity contribution is 5.98. The zero-order valence-corrected chi connectivity index (χ0v) is 13.9. The molecule has 0 bridgehead atoms. The molecule has 124 valence electrons. The van der Waals surface area contributed by atoms with Gasteiger partial charge in [0.05, 0.1) is 0 Å². The number of phenolic OH excluding ortho intramolecular Hbond substituents is 2. The molecule has 0 spiro atoms. The lowest BCUT2D eigenvalue weighted by atomic mass is 10.0. The average molecular weight is 326 g/mol. The van der Waals surface area contributed by atoms with Crippen LogP contribution in [-0.4, -0.2) is 16.2 Å². The highest BCUT2D eigenvalue weighted by atomic mass is 16.6. The van der Waals surface area contributed by atoms with E-state index in [1.165, 1.54) is 12.1 Å². The predicted molar refractivity (Wildman–Crippen MR) is 90.0 cm³/mol. The molecular formula is C19H18O5. The average Bonchev–Trinajstić information content (AvgIpc) is 2.66. The van der Waals surface area contributed by atoms with Crippen LogP contribution in [0, 0.1) is 13.8 Å². The Bertz CT molecular complexity index is 893. The SMILES string of the molecule is C/C=C(/C)c1cc(O)c(C)c2c1Oc1cc(O)cc(C)c1C(=O)O2. The minimum absolute atomic E-state index is 0.00214. The summed E-state index contributed by atoms with van der Waals surface area (Å²) in [7, 11) is 0. The number of ether oxygens (including phenoxy) is 2. The third-order valence-electron chi connectivity index (χ3n) is 4.21. The smallest absolute Gasteiger partial charge is 0.347 e. The number of hydrogen-bond donors (Lipinski definition) is 2. The molecule has 24 heavy (non-hydrogen) atoms. The second-order valence-electron chi connectivity index (χ2n) is 5.83. The summed E-state index contributed by atoms with van der Waals surface area (Å²) >= 11 is 0. The molecule has 1 aliphatic heterocycles. The molecule has 0 unspecified atom stereocenters. The Kier molecular flexibility index (Phi) is 3.72. The molecule has 1 heterocycles. The Morgan fingerprint density at radius 3 is 2.46 bits per heavy atom. The number of benzene rings is 2. The van der Waals surface area contributed by atoms with Gasteiger partial charge in [-0.2, -0.15) is 0 Å². The molecule has 5 nitrogen and oxygen atoms in total. The number of fused-ring (bicyclic) bond motifs is 2. The number of carbonyl (C=O) groups is 1. The first kappa shape index (κ1) is 15.9. The normalized spacial score (nSPS) is 13.5. The van der Waals surface area contributed by atoms with Crippen LogP contribution in [0.25, 0.3) is 5.57 Å². The molecule has 0 saturated heterocycles. The Labute approximate surface area is 139 Å². The highest BCUT2D eigenvalue weighted by Gasteiger charge is 2.30. The van der Waals surface area contributed by atoms with Crippen LogP contribution in [0.2, 0.25) is 0 Å². The number of allylic oxidation sites excluding steroid dienone is 2. The first-order valence-electron chi connectivity index (χ1n) is 7.57. The fourth-order valence-electron chi connectivity index (χ4n) is 2.72. The van der Waals surface area contributed by atoms with Gasteiger partial charge >= 0.3 is 5.97 Å². The summed E-state index contributed by atoms with van der Waals surface area (Å²) < 4.78 is 11.5. The van der Waals surface area contributed by atoms with Gasteiger partial charge in [-0.1, -0.05) is 6.08 Å². The van der Waals surface area contributed by atoms with Crippen LogP contribution in [0.5, 0.6) is 28.7 Å². The van der Waals surface area contributed by atoms with Gasteiger partial charge in [0.25, 0.3) is 0 Å².